The molecule has 1 amide bonds. The van der Waals surface area contributed by atoms with Gasteiger partial charge in [0.1, 0.15) is 11.4 Å². The van der Waals surface area contributed by atoms with E-state index in [0.717, 1.165) is 16.1 Å². The molecule has 0 aromatic heterocycles. The van der Waals surface area contributed by atoms with Crippen LogP contribution in [0.4, 0.5) is 0 Å². The first kappa shape index (κ1) is 17.4. The zero-order chi connectivity index (χ0) is 18.8. The molecule has 6 nitrogen and oxygen atoms in total. The van der Waals surface area contributed by atoms with E-state index in [4.69, 9.17) is 9.73 Å². The maximum Gasteiger partial charge on any atom is 0.276 e. The number of methoxy groups -OCH3 is 1. The van der Waals surface area contributed by atoms with Gasteiger partial charge in [-0.05, 0) is 12.1 Å². The fourth-order valence-corrected chi connectivity index (χ4v) is 3.70. The number of thioether (sulfide) groups is 1. The lowest BCUT2D eigenvalue weighted by Gasteiger charge is -2.34. The van der Waals surface area contributed by atoms with Gasteiger partial charge in [-0.2, -0.15) is 0 Å². The van der Waals surface area contributed by atoms with Crippen molar-refractivity contribution in [1.82, 2.24) is 10.3 Å². The van der Waals surface area contributed by atoms with E-state index in [0.29, 0.717) is 22.4 Å². The Morgan fingerprint density at radius 2 is 2.04 bits per heavy atom. The van der Waals surface area contributed by atoms with Crippen LogP contribution in [0.5, 0.6) is 5.75 Å². The number of hydrogen-bond acceptors (Lipinski definition) is 6. The topological polar surface area (TPSA) is 66.3 Å². The number of nitrogens with zero attached hydrogens (tertiary/aromatic N) is 3. The summed E-state index contributed by atoms with van der Waals surface area (Å²) in [7, 11) is 1.62. The van der Waals surface area contributed by atoms with Gasteiger partial charge in [-0.25, -0.2) is 5.01 Å². The van der Waals surface area contributed by atoms with Gasteiger partial charge in [0.25, 0.3) is 5.91 Å². The van der Waals surface area contributed by atoms with E-state index >= 15 is 0 Å². The summed E-state index contributed by atoms with van der Waals surface area (Å²) < 4.78 is 5.52. The smallest absolute Gasteiger partial charge is 0.276 e. The first-order chi connectivity index (χ1) is 13.2. The summed E-state index contributed by atoms with van der Waals surface area (Å²) in [5.74, 6) is 1.15. The minimum Gasteiger partial charge on any atom is -0.496 e. The summed E-state index contributed by atoms with van der Waals surface area (Å²) in [5, 5.41) is 11.3. The zero-order valence-electron chi connectivity index (χ0n) is 14.8. The molecular formula is C20H18N4O2S. The van der Waals surface area contributed by atoms with Crippen LogP contribution in [-0.2, 0) is 4.79 Å². The Bertz CT molecular complexity index is 1060. The number of fused-ring (bicyclic) bond motifs is 2. The van der Waals surface area contributed by atoms with Crippen molar-refractivity contribution in [2.75, 3.05) is 12.9 Å². The molecule has 2 aromatic rings. The highest BCUT2D eigenvalue weighted by Crippen LogP contribution is 2.35. The normalized spacial score (nSPS) is 17.9. The third-order valence-corrected chi connectivity index (χ3v) is 5.13. The van der Waals surface area contributed by atoms with Crippen molar-refractivity contribution in [1.29, 1.82) is 0 Å². The van der Waals surface area contributed by atoms with Crippen LogP contribution in [0.15, 0.2) is 71.3 Å². The van der Waals surface area contributed by atoms with Crippen molar-refractivity contribution < 1.29 is 9.53 Å². The second-order valence-corrected chi connectivity index (χ2v) is 6.92. The van der Waals surface area contributed by atoms with E-state index < -0.39 is 6.17 Å². The number of para-hydroxylation sites is 2. The summed E-state index contributed by atoms with van der Waals surface area (Å²) in [6.07, 6.45) is 1.28. The maximum absolute atomic E-state index is 12.9. The van der Waals surface area contributed by atoms with Gasteiger partial charge in [0, 0.05) is 16.5 Å². The zero-order valence-corrected chi connectivity index (χ0v) is 15.6. The van der Waals surface area contributed by atoms with Crippen LogP contribution in [0, 0.1) is 0 Å². The third-order valence-electron chi connectivity index (χ3n) is 4.27. The van der Waals surface area contributed by atoms with E-state index in [9.17, 15) is 4.79 Å². The van der Waals surface area contributed by atoms with Crippen LogP contribution in [0.3, 0.4) is 0 Å². The van der Waals surface area contributed by atoms with Gasteiger partial charge in [-0.3, -0.25) is 15.1 Å². The molecule has 7 heteroatoms. The Hall–Kier alpha value is -3.06. The van der Waals surface area contributed by atoms with Gasteiger partial charge in [0.15, 0.2) is 11.3 Å². The molecule has 2 heterocycles. The van der Waals surface area contributed by atoms with Gasteiger partial charge in [-0.15, -0.1) is 11.7 Å². The van der Waals surface area contributed by atoms with Crippen LogP contribution in [0.2, 0.25) is 0 Å². The molecule has 0 spiro atoms. The first-order valence-electron chi connectivity index (χ1n) is 8.46. The summed E-state index contributed by atoms with van der Waals surface area (Å²) in [6.45, 7) is 3.72. The molecule has 0 fully saturated rings. The summed E-state index contributed by atoms with van der Waals surface area (Å²) in [5.41, 5.74) is 1.33. The molecule has 0 saturated heterocycles. The average Bonchev–Trinajstić information content (AvgIpc) is 2.71. The Balaban J connectivity index is 1.93. The van der Waals surface area contributed by atoms with E-state index in [-0.39, 0.29) is 5.91 Å². The molecule has 136 valence electrons. The summed E-state index contributed by atoms with van der Waals surface area (Å²) in [4.78, 5) is 17.8. The SMILES string of the molecule is C=CCSC1=NN2C(=c3ccccc3=NC2c2ccccc2OC)C(=O)N1. The number of hydrazone groups is 1. The molecule has 0 bridgehead atoms. The second-order valence-electron chi connectivity index (χ2n) is 5.91. The van der Waals surface area contributed by atoms with E-state index in [1.54, 1.807) is 18.2 Å². The van der Waals surface area contributed by atoms with Crippen molar-refractivity contribution >= 4 is 28.5 Å². The number of hydrogen-bond donors (Lipinski definition) is 1. The molecule has 0 radical (unpaired) electrons. The standard InChI is InChI=1S/C20H18N4O2S/c1-3-12-27-20-22-19(25)17-13-8-4-6-10-15(13)21-18(24(17)23-20)14-9-5-7-11-16(14)26-2/h3-11,18H,1,12H2,2H3,(H,22,23,25). The van der Waals surface area contributed by atoms with Gasteiger partial charge < -0.3 is 4.74 Å². The second kappa shape index (κ2) is 7.28. The molecule has 2 aliphatic heterocycles. The van der Waals surface area contributed by atoms with Gasteiger partial charge in [0.2, 0.25) is 0 Å². The highest BCUT2D eigenvalue weighted by molar-refractivity contribution is 8.14. The van der Waals surface area contributed by atoms with Crippen LogP contribution in [0.1, 0.15) is 11.7 Å². The molecule has 0 saturated carbocycles. The van der Waals surface area contributed by atoms with Crippen molar-refractivity contribution in [3.05, 3.63) is 77.3 Å². The maximum atomic E-state index is 12.9. The Kier molecular flexibility index (Phi) is 4.68. The van der Waals surface area contributed by atoms with Crippen molar-refractivity contribution in [2.24, 2.45) is 10.1 Å². The monoisotopic (exact) mass is 378 g/mol. The quantitative estimate of drug-likeness (QED) is 0.824. The van der Waals surface area contributed by atoms with Crippen molar-refractivity contribution in [3.8, 4) is 5.75 Å². The van der Waals surface area contributed by atoms with E-state index in [1.165, 1.54) is 11.8 Å². The molecule has 4 rings (SSSR count). The molecule has 2 aromatic carbocycles. The number of rotatable bonds is 4. The Morgan fingerprint density at radius 3 is 2.85 bits per heavy atom. The van der Waals surface area contributed by atoms with Gasteiger partial charge in [0.05, 0.1) is 12.5 Å². The first-order valence-corrected chi connectivity index (χ1v) is 9.44. The predicted octanol–water partition coefficient (Wildman–Crippen LogP) is 1.76. The van der Waals surface area contributed by atoms with Gasteiger partial charge >= 0.3 is 0 Å². The third kappa shape index (κ3) is 3.10. The van der Waals surface area contributed by atoms with Crippen LogP contribution >= 0.6 is 11.8 Å². The molecule has 27 heavy (non-hydrogen) atoms. The number of benzene rings is 2. The predicted molar refractivity (Wildman–Crippen MR) is 106 cm³/mol. The largest absolute Gasteiger partial charge is 0.496 e. The average molecular weight is 378 g/mol. The fraction of sp³-hybridized carbons (Fsp3) is 0.150. The number of amidine groups is 1. The molecule has 1 N–H and O–H groups in total. The van der Waals surface area contributed by atoms with Crippen LogP contribution in [0.25, 0.3) is 5.70 Å². The Labute approximate surface area is 160 Å². The lowest BCUT2D eigenvalue weighted by Crippen LogP contribution is -2.50. The highest BCUT2D eigenvalue weighted by Gasteiger charge is 2.35. The lowest BCUT2D eigenvalue weighted by molar-refractivity contribution is -0.116. The molecule has 0 aliphatic carbocycles. The highest BCUT2D eigenvalue weighted by atomic mass is 32.2. The number of carbonyl (C=O) groups excluding carboxylic acids is 1. The van der Waals surface area contributed by atoms with E-state index in [2.05, 4.69) is 17.0 Å². The van der Waals surface area contributed by atoms with Crippen molar-refractivity contribution in [3.63, 3.8) is 0 Å². The number of amides is 1. The fourth-order valence-electron chi connectivity index (χ4n) is 3.11. The van der Waals surface area contributed by atoms with E-state index in [1.807, 2.05) is 48.5 Å². The Morgan fingerprint density at radius 1 is 1.26 bits per heavy atom. The molecular weight excluding hydrogens is 360 g/mol. The van der Waals surface area contributed by atoms with Crippen LogP contribution < -0.4 is 20.6 Å². The van der Waals surface area contributed by atoms with Gasteiger partial charge in [-0.1, -0.05) is 54.2 Å². The molecule has 1 unspecified atom stereocenters. The minimum absolute atomic E-state index is 0.196. The minimum atomic E-state index is -0.489. The summed E-state index contributed by atoms with van der Waals surface area (Å²) >= 11 is 1.42. The van der Waals surface area contributed by atoms with Crippen molar-refractivity contribution in [2.45, 2.75) is 6.17 Å². The molecule has 2 aliphatic rings. The molecule has 1 atom stereocenters. The number of carbonyl (C=O) groups is 1. The summed E-state index contributed by atoms with van der Waals surface area (Å²) in [6, 6.07) is 15.2. The van der Waals surface area contributed by atoms with Crippen LogP contribution in [-0.4, -0.2) is 28.9 Å². The number of ether oxygens (including phenoxy) is 1. The lowest BCUT2D eigenvalue weighted by atomic mass is 10.1. The number of nitrogens with one attached hydrogen (secondary N) is 1.